The van der Waals surface area contributed by atoms with Gasteiger partial charge in [-0.1, -0.05) is 60.5 Å². The summed E-state index contributed by atoms with van der Waals surface area (Å²) in [5.74, 6) is 0. The summed E-state index contributed by atoms with van der Waals surface area (Å²) in [6.07, 6.45) is 0.753. The molecule has 6 heteroatoms. The van der Waals surface area contributed by atoms with Gasteiger partial charge in [-0.15, -0.1) is 0 Å². The number of benzene rings is 2. The molecule has 0 N–H and O–H groups in total. The van der Waals surface area contributed by atoms with Gasteiger partial charge in [0, 0.05) is 11.6 Å². The highest BCUT2D eigenvalue weighted by Gasteiger charge is 2.16. The summed E-state index contributed by atoms with van der Waals surface area (Å²) in [6, 6.07) is 12.5. The number of halogens is 2. The van der Waals surface area contributed by atoms with Gasteiger partial charge in [-0.3, -0.25) is 13.9 Å². The molecular weight excluding hydrogens is 347 g/mol. The van der Waals surface area contributed by atoms with Gasteiger partial charge in [0.2, 0.25) is 0 Å². The molecule has 0 aliphatic carbocycles. The smallest absolute Gasteiger partial charge is 0.293 e. The Labute approximate surface area is 148 Å². The minimum absolute atomic E-state index is 0.205. The fraction of sp³-hybridized carbons (Fsp3) is 0.222. The van der Waals surface area contributed by atoms with Crippen LogP contribution in [-0.4, -0.2) is 9.13 Å². The van der Waals surface area contributed by atoms with Crippen molar-refractivity contribution in [2.45, 2.75) is 26.4 Å². The van der Waals surface area contributed by atoms with Crippen molar-refractivity contribution < 1.29 is 0 Å². The average molecular weight is 363 g/mol. The summed E-state index contributed by atoms with van der Waals surface area (Å²) in [5, 5.41) is 0.983. The standard InChI is InChI=1S/C18H16Cl2N2O2/c1-2-8-21-15-10-13(19)9-14(20)16(15)17(23)22(18(21)24)11-12-6-4-3-5-7-12/h3-7,9-10H,2,8,11H2,1H3. The molecule has 0 saturated heterocycles. The molecule has 0 bridgehead atoms. The number of hydrogen-bond acceptors (Lipinski definition) is 2. The van der Waals surface area contributed by atoms with E-state index in [0.717, 1.165) is 12.0 Å². The van der Waals surface area contributed by atoms with Gasteiger partial charge < -0.3 is 0 Å². The van der Waals surface area contributed by atoms with Crippen LogP contribution in [0.2, 0.25) is 10.0 Å². The Kier molecular flexibility index (Phi) is 4.78. The highest BCUT2D eigenvalue weighted by atomic mass is 35.5. The van der Waals surface area contributed by atoms with Crippen molar-refractivity contribution >= 4 is 34.1 Å². The third-order valence-corrected chi connectivity index (χ3v) is 4.39. The molecule has 3 rings (SSSR count). The van der Waals surface area contributed by atoms with E-state index < -0.39 is 5.56 Å². The Balaban J connectivity index is 2.34. The van der Waals surface area contributed by atoms with E-state index in [1.807, 2.05) is 37.3 Å². The second-order valence-corrected chi connectivity index (χ2v) is 6.44. The van der Waals surface area contributed by atoms with Crippen molar-refractivity contribution in [3.8, 4) is 0 Å². The molecule has 0 saturated carbocycles. The van der Waals surface area contributed by atoms with Crippen molar-refractivity contribution in [2.24, 2.45) is 0 Å². The molecule has 0 aliphatic rings. The first-order valence-corrected chi connectivity index (χ1v) is 8.45. The van der Waals surface area contributed by atoms with Crippen LogP contribution >= 0.6 is 23.2 Å². The van der Waals surface area contributed by atoms with Crippen LogP contribution in [0.3, 0.4) is 0 Å². The molecule has 0 atom stereocenters. The number of aryl methyl sites for hydroxylation is 1. The van der Waals surface area contributed by atoms with Crippen LogP contribution in [0.15, 0.2) is 52.1 Å². The van der Waals surface area contributed by atoms with Gasteiger partial charge in [-0.25, -0.2) is 4.79 Å². The van der Waals surface area contributed by atoms with Gasteiger partial charge >= 0.3 is 5.69 Å². The van der Waals surface area contributed by atoms with E-state index in [9.17, 15) is 9.59 Å². The number of fused-ring (bicyclic) bond motifs is 1. The van der Waals surface area contributed by atoms with E-state index in [1.54, 1.807) is 10.6 Å². The Morgan fingerprint density at radius 2 is 1.71 bits per heavy atom. The second kappa shape index (κ2) is 6.83. The quantitative estimate of drug-likeness (QED) is 0.705. The van der Waals surface area contributed by atoms with Crippen LogP contribution in [0.1, 0.15) is 18.9 Å². The zero-order valence-corrected chi connectivity index (χ0v) is 14.6. The number of aromatic nitrogens is 2. The normalized spacial score (nSPS) is 11.1. The van der Waals surface area contributed by atoms with Gasteiger partial charge in [0.1, 0.15) is 0 Å². The topological polar surface area (TPSA) is 44.0 Å². The Morgan fingerprint density at radius 3 is 2.38 bits per heavy atom. The average Bonchev–Trinajstić information content (AvgIpc) is 2.55. The fourth-order valence-electron chi connectivity index (χ4n) is 2.80. The summed E-state index contributed by atoms with van der Waals surface area (Å²) in [6.45, 7) is 2.66. The molecule has 0 fully saturated rings. The Hall–Kier alpha value is -2.04. The lowest BCUT2D eigenvalue weighted by molar-refractivity contribution is 0.593. The van der Waals surface area contributed by atoms with Crippen LogP contribution in [0.5, 0.6) is 0 Å². The Bertz CT molecular complexity index is 1010. The monoisotopic (exact) mass is 362 g/mol. The van der Waals surface area contributed by atoms with Crippen LogP contribution in [0.25, 0.3) is 10.9 Å². The number of hydrogen-bond donors (Lipinski definition) is 0. The van der Waals surface area contributed by atoms with Crippen molar-refractivity contribution in [1.82, 2.24) is 9.13 Å². The summed E-state index contributed by atoms with van der Waals surface area (Å²) in [7, 11) is 0. The molecule has 4 nitrogen and oxygen atoms in total. The van der Waals surface area contributed by atoms with E-state index in [2.05, 4.69) is 0 Å². The molecule has 1 heterocycles. The van der Waals surface area contributed by atoms with Crippen LogP contribution in [-0.2, 0) is 13.1 Å². The van der Waals surface area contributed by atoms with Crippen LogP contribution < -0.4 is 11.2 Å². The van der Waals surface area contributed by atoms with Gasteiger partial charge in [-0.2, -0.15) is 0 Å². The first-order valence-electron chi connectivity index (χ1n) is 7.69. The summed E-state index contributed by atoms with van der Waals surface area (Å²) in [5.41, 5.74) is 0.613. The highest BCUT2D eigenvalue weighted by molar-refractivity contribution is 6.38. The molecule has 0 radical (unpaired) electrons. The lowest BCUT2D eigenvalue weighted by atomic mass is 10.2. The van der Waals surface area contributed by atoms with Crippen LogP contribution in [0.4, 0.5) is 0 Å². The van der Waals surface area contributed by atoms with Crippen molar-refractivity contribution in [3.63, 3.8) is 0 Å². The lowest BCUT2D eigenvalue weighted by Gasteiger charge is -2.14. The number of nitrogens with zero attached hydrogens (tertiary/aromatic N) is 2. The summed E-state index contributed by atoms with van der Waals surface area (Å²) in [4.78, 5) is 25.7. The van der Waals surface area contributed by atoms with Crippen molar-refractivity contribution in [3.05, 3.63) is 78.9 Å². The zero-order chi connectivity index (χ0) is 17.3. The van der Waals surface area contributed by atoms with E-state index >= 15 is 0 Å². The lowest BCUT2D eigenvalue weighted by Crippen LogP contribution is -2.40. The molecule has 3 aromatic rings. The molecule has 24 heavy (non-hydrogen) atoms. The van der Waals surface area contributed by atoms with E-state index in [1.165, 1.54) is 10.6 Å². The second-order valence-electron chi connectivity index (χ2n) is 5.59. The molecule has 0 amide bonds. The third kappa shape index (κ3) is 2.99. The number of rotatable bonds is 4. The van der Waals surface area contributed by atoms with Gasteiger partial charge in [0.15, 0.2) is 0 Å². The molecular formula is C18H16Cl2N2O2. The molecule has 0 unspecified atom stereocenters. The maximum atomic E-state index is 12.9. The van der Waals surface area contributed by atoms with E-state index in [4.69, 9.17) is 23.2 Å². The highest BCUT2D eigenvalue weighted by Crippen LogP contribution is 2.25. The van der Waals surface area contributed by atoms with Gasteiger partial charge in [-0.05, 0) is 24.1 Å². The molecule has 124 valence electrons. The van der Waals surface area contributed by atoms with Crippen molar-refractivity contribution in [2.75, 3.05) is 0 Å². The SMILES string of the molecule is CCCn1c(=O)n(Cc2ccccc2)c(=O)c2c(Cl)cc(Cl)cc21. The van der Waals surface area contributed by atoms with E-state index in [0.29, 0.717) is 22.5 Å². The first kappa shape index (κ1) is 16.8. The van der Waals surface area contributed by atoms with Gasteiger partial charge in [0.05, 0.1) is 22.5 Å². The van der Waals surface area contributed by atoms with Crippen molar-refractivity contribution in [1.29, 1.82) is 0 Å². The fourth-order valence-corrected chi connectivity index (χ4v) is 3.36. The zero-order valence-electron chi connectivity index (χ0n) is 13.1. The molecule has 2 aromatic carbocycles. The largest absolute Gasteiger partial charge is 0.331 e. The van der Waals surface area contributed by atoms with Gasteiger partial charge in [0.25, 0.3) is 5.56 Å². The molecule has 1 aromatic heterocycles. The minimum Gasteiger partial charge on any atom is -0.293 e. The maximum Gasteiger partial charge on any atom is 0.331 e. The maximum absolute atomic E-state index is 12.9. The van der Waals surface area contributed by atoms with Crippen LogP contribution in [0, 0.1) is 0 Å². The first-order chi connectivity index (χ1) is 11.5. The third-order valence-electron chi connectivity index (χ3n) is 3.88. The predicted octanol–water partition coefficient (Wildman–Crippen LogP) is 3.93. The summed E-state index contributed by atoms with van der Waals surface area (Å²) < 4.78 is 2.80. The predicted molar refractivity (Wildman–Crippen MR) is 98.3 cm³/mol. The van der Waals surface area contributed by atoms with E-state index in [-0.39, 0.29) is 17.3 Å². The molecule has 0 spiro atoms. The molecule has 0 aliphatic heterocycles. The summed E-state index contributed by atoms with van der Waals surface area (Å²) >= 11 is 12.3. The Morgan fingerprint density at radius 1 is 1.00 bits per heavy atom. The minimum atomic E-state index is -0.395.